The molecule has 0 aromatic carbocycles. The van der Waals surface area contributed by atoms with E-state index in [1.165, 1.54) is 0 Å². The lowest BCUT2D eigenvalue weighted by atomic mass is 10.1. The Hall–Kier alpha value is -1.35. The Morgan fingerprint density at radius 3 is 2.71 bits per heavy atom. The summed E-state index contributed by atoms with van der Waals surface area (Å²) in [6, 6.07) is 0. The zero-order valence-corrected chi connectivity index (χ0v) is 8.58. The van der Waals surface area contributed by atoms with Gasteiger partial charge in [0.05, 0.1) is 12.8 Å². The number of aliphatic hydroxyl groups is 3. The Kier molecular flexibility index (Phi) is 3.20. The number of ether oxygens (including phenoxy) is 1. The Balaban J connectivity index is 2.32. The number of aromatic nitrogens is 2. The van der Waals surface area contributed by atoms with E-state index < -0.39 is 42.5 Å². The number of H-pyrrole nitrogens is 1. The minimum Gasteiger partial charge on any atom is -0.394 e. The topological polar surface area (TPSA) is 116 Å². The van der Waals surface area contributed by atoms with E-state index in [1.807, 2.05) is 4.98 Å². The van der Waals surface area contributed by atoms with Gasteiger partial charge in [0.15, 0.2) is 0 Å². The second kappa shape index (κ2) is 4.49. The molecule has 0 saturated carbocycles. The summed E-state index contributed by atoms with van der Waals surface area (Å²) in [6.07, 6.45) is -4.15. The van der Waals surface area contributed by atoms with Crippen LogP contribution in [0.25, 0.3) is 0 Å². The van der Waals surface area contributed by atoms with E-state index in [-0.39, 0.29) is 5.69 Å². The van der Waals surface area contributed by atoms with Crippen molar-refractivity contribution >= 4 is 0 Å². The lowest BCUT2D eigenvalue weighted by molar-refractivity contribution is -0.0252. The molecule has 1 aliphatic heterocycles. The van der Waals surface area contributed by atoms with Crippen LogP contribution in [0.3, 0.4) is 0 Å². The highest BCUT2D eigenvalue weighted by molar-refractivity contribution is 5.09. The summed E-state index contributed by atoms with van der Waals surface area (Å²) in [7, 11) is 0. The molecule has 1 fully saturated rings. The van der Waals surface area contributed by atoms with Gasteiger partial charge in [-0.05, 0) is 0 Å². The molecule has 1 aromatic heterocycles. The number of nitrogens with one attached hydrogen (secondary N) is 1. The van der Waals surface area contributed by atoms with Gasteiger partial charge in [-0.1, -0.05) is 0 Å². The van der Waals surface area contributed by atoms with Crippen LogP contribution in [-0.4, -0.2) is 50.2 Å². The van der Waals surface area contributed by atoms with Gasteiger partial charge in [-0.15, -0.1) is 0 Å². The van der Waals surface area contributed by atoms with Gasteiger partial charge < -0.3 is 20.1 Å². The van der Waals surface area contributed by atoms with Crippen molar-refractivity contribution in [3.8, 4) is 0 Å². The van der Waals surface area contributed by atoms with E-state index in [0.717, 1.165) is 6.20 Å². The summed E-state index contributed by atoms with van der Waals surface area (Å²) in [5.41, 5.74) is -1.04. The number of rotatable bonds is 2. The summed E-state index contributed by atoms with van der Waals surface area (Å²) in [5, 5.41) is 28.0. The van der Waals surface area contributed by atoms with Gasteiger partial charge in [-0.3, -0.25) is 9.78 Å². The van der Waals surface area contributed by atoms with Gasteiger partial charge in [-0.2, -0.15) is 4.39 Å². The van der Waals surface area contributed by atoms with Crippen LogP contribution < -0.4 is 5.56 Å². The molecular weight excluding hydrogens is 235 g/mol. The maximum absolute atomic E-state index is 13.4. The minimum absolute atomic E-state index is 0.313. The van der Waals surface area contributed by atoms with Crippen molar-refractivity contribution in [3.63, 3.8) is 0 Å². The van der Waals surface area contributed by atoms with E-state index in [9.17, 15) is 19.4 Å². The van der Waals surface area contributed by atoms with Gasteiger partial charge in [-0.25, -0.2) is 4.98 Å². The molecule has 0 radical (unpaired) electrons. The molecule has 1 aromatic rings. The normalized spacial score (nSPS) is 32.9. The van der Waals surface area contributed by atoms with E-state index in [2.05, 4.69) is 4.98 Å². The first-order valence-electron chi connectivity index (χ1n) is 4.91. The molecule has 1 saturated heterocycles. The fourth-order valence-corrected chi connectivity index (χ4v) is 1.71. The molecule has 7 nitrogen and oxygen atoms in total. The highest BCUT2D eigenvalue weighted by atomic mass is 19.1. The number of halogens is 1. The monoisotopic (exact) mass is 246 g/mol. The lowest BCUT2D eigenvalue weighted by Gasteiger charge is -2.13. The van der Waals surface area contributed by atoms with Crippen LogP contribution in [0.5, 0.6) is 0 Å². The molecule has 94 valence electrons. The molecule has 4 unspecified atom stereocenters. The lowest BCUT2D eigenvalue weighted by Crippen LogP contribution is -2.32. The molecule has 2 rings (SSSR count). The average molecular weight is 246 g/mol. The van der Waals surface area contributed by atoms with Gasteiger partial charge in [0.2, 0.25) is 5.95 Å². The first kappa shape index (κ1) is 12.1. The maximum atomic E-state index is 13.4. The Labute approximate surface area is 94.5 Å². The second-order valence-electron chi connectivity index (χ2n) is 3.71. The number of aromatic amines is 1. The van der Waals surface area contributed by atoms with Gasteiger partial charge in [0, 0.05) is 0 Å². The van der Waals surface area contributed by atoms with Gasteiger partial charge in [0.25, 0.3) is 5.56 Å². The zero-order chi connectivity index (χ0) is 12.6. The number of aliphatic hydroxyl groups excluding tert-OH is 3. The summed E-state index contributed by atoms with van der Waals surface area (Å²) in [6.45, 7) is -0.514. The van der Waals surface area contributed by atoms with E-state index >= 15 is 0 Å². The predicted molar refractivity (Wildman–Crippen MR) is 51.5 cm³/mol. The fraction of sp³-hybridized carbons (Fsp3) is 0.556. The van der Waals surface area contributed by atoms with Crippen LogP contribution in [0.15, 0.2) is 11.0 Å². The maximum Gasteiger partial charge on any atom is 0.268 e. The Morgan fingerprint density at radius 1 is 1.47 bits per heavy atom. The molecule has 0 aliphatic carbocycles. The Morgan fingerprint density at radius 2 is 2.18 bits per heavy atom. The molecule has 0 spiro atoms. The smallest absolute Gasteiger partial charge is 0.268 e. The molecule has 8 heteroatoms. The minimum atomic E-state index is -1.42. The molecule has 0 amide bonds. The molecule has 4 atom stereocenters. The Bertz CT molecular complexity index is 465. The number of hydrogen-bond donors (Lipinski definition) is 4. The van der Waals surface area contributed by atoms with Crippen LogP contribution in [0.2, 0.25) is 0 Å². The number of hydrogen-bond acceptors (Lipinski definition) is 6. The first-order valence-corrected chi connectivity index (χ1v) is 4.91. The van der Waals surface area contributed by atoms with Crippen LogP contribution in [0.1, 0.15) is 11.8 Å². The summed E-state index contributed by atoms with van der Waals surface area (Å²) >= 11 is 0. The van der Waals surface area contributed by atoms with Crippen molar-refractivity contribution < 1.29 is 24.4 Å². The molecule has 2 heterocycles. The van der Waals surface area contributed by atoms with E-state index in [0.29, 0.717) is 0 Å². The molecule has 17 heavy (non-hydrogen) atoms. The van der Waals surface area contributed by atoms with Crippen LogP contribution in [0, 0.1) is 5.95 Å². The molecular formula is C9H11FN2O5. The average Bonchev–Trinajstić information content (AvgIpc) is 2.57. The molecule has 0 bridgehead atoms. The summed E-state index contributed by atoms with van der Waals surface area (Å²) in [4.78, 5) is 16.2. The second-order valence-corrected chi connectivity index (χ2v) is 3.71. The van der Waals surface area contributed by atoms with Crippen molar-refractivity contribution in [2.24, 2.45) is 0 Å². The van der Waals surface area contributed by atoms with Crippen molar-refractivity contribution in [3.05, 3.63) is 28.2 Å². The summed E-state index contributed by atoms with van der Waals surface area (Å²) < 4.78 is 18.4. The van der Waals surface area contributed by atoms with Crippen molar-refractivity contribution in [1.29, 1.82) is 0 Å². The van der Waals surface area contributed by atoms with Crippen molar-refractivity contribution in [2.45, 2.75) is 24.4 Å². The predicted octanol–water partition coefficient (Wildman–Crippen LogP) is -1.94. The third kappa shape index (κ3) is 2.07. The van der Waals surface area contributed by atoms with Gasteiger partial charge in [0.1, 0.15) is 30.1 Å². The van der Waals surface area contributed by atoms with Gasteiger partial charge >= 0.3 is 0 Å². The highest BCUT2D eigenvalue weighted by Crippen LogP contribution is 2.32. The van der Waals surface area contributed by atoms with E-state index in [1.54, 1.807) is 0 Å². The van der Waals surface area contributed by atoms with Crippen LogP contribution >= 0.6 is 0 Å². The van der Waals surface area contributed by atoms with Crippen molar-refractivity contribution in [2.75, 3.05) is 6.61 Å². The van der Waals surface area contributed by atoms with E-state index in [4.69, 9.17) is 9.84 Å². The molecule has 1 aliphatic rings. The third-order valence-corrected chi connectivity index (χ3v) is 2.59. The highest BCUT2D eigenvalue weighted by Gasteiger charge is 2.44. The zero-order valence-electron chi connectivity index (χ0n) is 8.58. The fourth-order valence-electron chi connectivity index (χ4n) is 1.71. The standard InChI is InChI=1S/C9H11FN2O5/c10-9-5(11-1-4(14)12-9)8-7(16)6(15)3(2-13)17-8/h1,3,6-8,13,15-16H,2H2,(H,12,14). The molecule has 4 N–H and O–H groups in total. The number of nitrogens with zero attached hydrogens (tertiary/aromatic N) is 1. The quantitative estimate of drug-likeness (QED) is 0.482. The third-order valence-electron chi connectivity index (χ3n) is 2.59. The summed E-state index contributed by atoms with van der Waals surface area (Å²) in [5.74, 6) is -1.03. The van der Waals surface area contributed by atoms with Crippen molar-refractivity contribution in [1.82, 2.24) is 9.97 Å². The van der Waals surface area contributed by atoms with Crippen LogP contribution in [0.4, 0.5) is 4.39 Å². The van der Waals surface area contributed by atoms with Crippen LogP contribution in [-0.2, 0) is 4.74 Å². The largest absolute Gasteiger partial charge is 0.394 e. The SMILES string of the molecule is O=c1cnc(C2OC(CO)C(O)C2O)c(F)[nH]1. The first-order chi connectivity index (χ1) is 8.04.